The van der Waals surface area contributed by atoms with Crippen LogP contribution in [0.1, 0.15) is 23.6 Å². The lowest BCUT2D eigenvalue weighted by Crippen LogP contribution is -2.27. The largest absolute Gasteiger partial charge is 0.493 e. The van der Waals surface area contributed by atoms with Crippen LogP contribution in [0.5, 0.6) is 11.5 Å². The van der Waals surface area contributed by atoms with E-state index < -0.39 is 0 Å². The first-order valence-electron chi connectivity index (χ1n) is 8.61. The summed E-state index contributed by atoms with van der Waals surface area (Å²) in [6, 6.07) is 13.3. The van der Waals surface area contributed by atoms with Crippen LogP contribution in [0.25, 0.3) is 6.08 Å². The van der Waals surface area contributed by atoms with E-state index in [0.29, 0.717) is 16.4 Å². The predicted molar refractivity (Wildman–Crippen MR) is 107 cm³/mol. The Morgan fingerprint density at radius 3 is 2.26 bits per heavy atom. The zero-order valence-electron chi connectivity index (χ0n) is 15.5. The molecule has 3 rings (SSSR count). The summed E-state index contributed by atoms with van der Waals surface area (Å²) in [6.45, 7) is 2.28. The van der Waals surface area contributed by atoms with Gasteiger partial charge in [-0.05, 0) is 53.1 Å². The van der Waals surface area contributed by atoms with Gasteiger partial charge < -0.3 is 9.47 Å². The van der Waals surface area contributed by atoms with Crippen molar-refractivity contribution in [2.24, 2.45) is 0 Å². The van der Waals surface area contributed by atoms with Crippen LogP contribution in [-0.2, 0) is 17.8 Å². The van der Waals surface area contributed by atoms with E-state index in [1.54, 1.807) is 32.4 Å². The second-order valence-electron chi connectivity index (χ2n) is 6.05. The molecule has 0 atom stereocenters. The van der Waals surface area contributed by atoms with E-state index in [1.807, 2.05) is 30.3 Å². The molecule has 0 N–H and O–H groups in total. The highest BCUT2D eigenvalue weighted by Crippen LogP contribution is 2.34. The van der Waals surface area contributed by atoms with Gasteiger partial charge in [0.2, 0.25) is 0 Å². The maximum absolute atomic E-state index is 12.7. The third kappa shape index (κ3) is 4.17. The highest BCUT2D eigenvalue weighted by Gasteiger charge is 2.35. The van der Waals surface area contributed by atoms with E-state index in [2.05, 4.69) is 6.92 Å². The Hall–Kier alpha value is -2.73. The van der Waals surface area contributed by atoms with Gasteiger partial charge in [-0.25, -0.2) is 0 Å². The molecule has 1 aliphatic heterocycles. The van der Waals surface area contributed by atoms with Gasteiger partial charge in [-0.3, -0.25) is 14.5 Å². The molecule has 0 aromatic heterocycles. The summed E-state index contributed by atoms with van der Waals surface area (Å²) in [6.07, 6.45) is 2.72. The van der Waals surface area contributed by atoms with Crippen LogP contribution in [0.3, 0.4) is 0 Å². The number of carbonyl (C=O) groups is 2. The fourth-order valence-corrected chi connectivity index (χ4v) is 3.64. The Morgan fingerprint density at radius 1 is 0.963 bits per heavy atom. The molecule has 1 heterocycles. The zero-order valence-corrected chi connectivity index (χ0v) is 16.3. The zero-order chi connectivity index (χ0) is 19.4. The lowest BCUT2D eigenvalue weighted by Gasteiger charge is -2.14. The van der Waals surface area contributed by atoms with Crippen molar-refractivity contribution in [1.29, 1.82) is 0 Å². The van der Waals surface area contributed by atoms with Crippen molar-refractivity contribution in [2.75, 3.05) is 14.2 Å². The number of aryl methyl sites for hydroxylation is 1. The molecule has 0 bridgehead atoms. The molecule has 1 aliphatic rings. The van der Waals surface area contributed by atoms with Gasteiger partial charge in [-0.1, -0.05) is 37.3 Å². The van der Waals surface area contributed by atoms with Crippen molar-refractivity contribution < 1.29 is 19.1 Å². The van der Waals surface area contributed by atoms with Crippen molar-refractivity contribution in [3.8, 4) is 11.5 Å². The number of rotatable bonds is 6. The monoisotopic (exact) mass is 383 g/mol. The van der Waals surface area contributed by atoms with Crippen LogP contribution in [-0.4, -0.2) is 30.3 Å². The summed E-state index contributed by atoms with van der Waals surface area (Å²) >= 11 is 0.966. The average Bonchev–Trinajstić information content (AvgIpc) is 2.95. The molecule has 27 heavy (non-hydrogen) atoms. The standard InChI is InChI=1S/C21H21NO4S/c1-4-14-5-7-15(8-6-14)12-19-20(23)22(21(24)27-19)13-16-9-10-17(25-2)18(11-16)26-3/h5-12H,4,13H2,1-3H3/b19-12-. The number of nitrogens with zero attached hydrogens (tertiary/aromatic N) is 1. The number of methoxy groups -OCH3 is 2. The number of hydrogen-bond acceptors (Lipinski definition) is 5. The minimum Gasteiger partial charge on any atom is -0.493 e. The van der Waals surface area contributed by atoms with E-state index in [1.165, 1.54) is 10.5 Å². The van der Waals surface area contributed by atoms with E-state index >= 15 is 0 Å². The highest BCUT2D eigenvalue weighted by atomic mass is 32.2. The molecule has 140 valence electrons. The predicted octanol–water partition coefficient (Wildman–Crippen LogP) is 4.50. The molecule has 0 saturated carbocycles. The minimum absolute atomic E-state index is 0.192. The Bertz CT molecular complexity index is 890. The molecule has 0 spiro atoms. The SMILES string of the molecule is CCc1ccc(/C=C2\SC(=O)N(Cc3ccc(OC)c(OC)c3)C2=O)cc1. The van der Waals surface area contributed by atoms with E-state index in [9.17, 15) is 9.59 Å². The number of amides is 2. The number of hydrogen-bond donors (Lipinski definition) is 0. The molecule has 2 aromatic rings. The number of ether oxygens (including phenoxy) is 2. The molecular weight excluding hydrogens is 362 g/mol. The third-order valence-electron chi connectivity index (χ3n) is 4.35. The summed E-state index contributed by atoms with van der Waals surface area (Å²) < 4.78 is 10.5. The number of imide groups is 1. The summed E-state index contributed by atoms with van der Waals surface area (Å²) in [7, 11) is 3.11. The normalized spacial score (nSPS) is 15.5. The van der Waals surface area contributed by atoms with E-state index in [0.717, 1.165) is 29.3 Å². The van der Waals surface area contributed by atoms with Crippen LogP contribution in [0.15, 0.2) is 47.4 Å². The van der Waals surface area contributed by atoms with Gasteiger partial charge in [0, 0.05) is 0 Å². The molecule has 0 unspecified atom stereocenters. The van der Waals surface area contributed by atoms with Crippen molar-refractivity contribution in [3.05, 3.63) is 64.1 Å². The number of carbonyl (C=O) groups excluding carboxylic acids is 2. The Kier molecular flexibility index (Phi) is 5.86. The molecule has 1 saturated heterocycles. The number of benzene rings is 2. The molecule has 0 aliphatic carbocycles. The second-order valence-corrected chi connectivity index (χ2v) is 7.05. The van der Waals surface area contributed by atoms with Gasteiger partial charge in [0.05, 0.1) is 25.7 Å². The van der Waals surface area contributed by atoms with Gasteiger partial charge in [-0.15, -0.1) is 0 Å². The lowest BCUT2D eigenvalue weighted by atomic mass is 10.1. The quantitative estimate of drug-likeness (QED) is 0.688. The van der Waals surface area contributed by atoms with Gasteiger partial charge in [0.25, 0.3) is 11.1 Å². The summed E-state index contributed by atoms with van der Waals surface area (Å²) in [5.74, 6) is 0.888. The summed E-state index contributed by atoms with van der Waals surface area (Å²) in [5, 5.41) is -0.272. The van der Waals surface area contributed by atoms with Crippen LogP contribution in [0, 0.1) is 0 Å². The molecule has 0 radical (unpaired) electrons. The van der Waals surface area contributed by atoms with Gasteiger partial charge >= 0.3 is 0 Å². The summed E-state index contributed by atoms with van der Waals surface area (Å²) in [4.78, 5) is 26.7. The van der Waals surface area contributed by atoms with E-state index in [4.69, 9.17) is 9.47 Å². The first kappa shape index (κ1) is 19.0. The molecule has 5 nitrogen and oxygen atoms in total. The lowest BCUT2D eigenvalue weighted by molar-refractivity contribution is -0.123. The Morgan fingerprint density at radius 2 is 1.63 bits per heavy atom. The fourth-order valence-electron chi connectivity index (χ4n) is 2.80. The van der Waals surface area contributed by atoms with E-state index in [-0.39, 0.29) is 17.7 Å². The highest BCUT2D eigenvalue weighted by molar-refractivity contribution is 8.18. The van der Waals surface area contributed by atoms with Crippen LogP contribution in [0.2, 0.25) is 0 Å². The molecule has 2 amide bonds. The fraction of sp³-hybridized carbons (Fsp3) is 0.238. The van der Waals surface area contributed by atoms with Crippen molar-refractivity contribution in [1.82, 2.24) is 4.90 Å². The van der Waals surface area contributed by atoms with Crippen molar-refractivity contribution >= 4 is 29.0 Å². The Balaban J connectivity index is 1.78. The van der Waals surface area contributed by atoms with Crippen molar-refractivity contribution in [2.45, 2.75) is 19.9 Å². The van der Waals surface area contributed by atoms with Gasteiger partial charge in [0.15, 0.2) is 11.5 Å². The Labute approximate surface area is 163 Å². The number of thioether (sulfide) groups is 1. The van der Waals surface area contributed by atoms with Crippen LogP contribution < -0.4 is 9.47 Å². The second kappa shape index (κ2) is 8.31. The maximum Gasteiger partial charge on any atom is 0.293 e. The topological polar surface area (TPSA) is 55.8 Å². The van der Waals surface area contributed by atoms with Crippen LogP contribution >= 0.6 is 11.8 Å². The molecular formula is C21H21NO4S. The molecule has 1 fully saturated rings. The first-order valence-corrected chi connectivity index (χ1v) is 9.42. The minimum atomic E-state index is -0.278. The first-order chi connectivity index (χ1) is 13.0. The third-order valence-corrected chi connectivity index (χ3v) is 5.26. The van der Waals surface area contributed by atoms with Crippen LogP contribution in [0.4, 0.5) is 4.79 Å². The molecule has 2 aromatic carbocycles. The molecule has 6 heteroatoms. The smallest absolute Gasteiger partial charge is 0.293 e. The van der Waals surface area contributed by atoms with Crippen molar-refractivity contribution in [3.63, 3.8) is 0 Å². The van der Waals surface area contributed by atoms with Gasteiger partial charge in [-0.2, -0.15) is 0 Å². The summed E-state index contributed by atoms with van der Waals surface area (Å²) in [5.41, 5.74) is 2.93. The maximum atomic E-state index is 12.7. The average molecular weight is 383 g/mol. The van der Waals surface area contributed by atoms with Gasteiger partial charge in [0.1, 0.15) is 0 Å².